The summed E-state index contributed by atoms with van der Waals surface area (Å²) in [5, 5.41) is 13.0. The highest BCUT2D eigenvalue weighted by Crippen LogP contribution is 2.19. The number of amides is 2. The van der Waals surface area contributed by atoms with Crippen LogP contribution < -0.4 is 10.6 Å². The minimum absolute atomic E-state index is 0.103. The van der Waals surface area contributed by atoms with Gasteiger partial charge in [-0.05, 0) is 18.2 Å². The molecule has 18 heavy (non-hydrogen) atoms. The zero-order chi connectivity index (χ0) is 13.7. The average molecular weight is 279 g/mol. The van der Waals surface area contributed by atoms with Crippen molar-refractivity contribution >= 4 is 29.3 Å². The van der Waals surface area contributed by atoms with E-state index in [2.05, 4.69) is 5.32 Å². The molecule has 2 amide bonds. The van der Waals surface area contributed by atoms with Crippen LogP contribution in [0.4, 0.5) is 19.3 Å². The summed E-state index contributed by atoms with van der Waals surface area (Å²) in [6.07, 6.45) is -2.66. The van der Waals surface area contributed by atoms with E-state index in [-0.39, 0.29) is 16.3 Å². The molecule has 1 rings (SSSR count). The molecule has 0 saturated carbocycles. The number of alkyl halides is 2. The first-order chi connectivity index (χ1) is 8.38. The van der Waals surface area contributed by atoms with E-state index in [9.17, 15) is 18.4 Å². The van der Waals surface area contributed by atoms with E-state index in [0.717, 1.165) is 6.07 Å². The van der Waals surface area contributed by atoms with Crippen LogP contribution in [0.2, 0.25) is 5.02 Å². The summed E-state index contributed by atoms with van der Waals surface area (Å²) in [4.78, 5) is 21.9. The molecule has 0 aliphatic carbocycles. The predicted octanol–water partition coefficient (Wildman–Crippen LogP) is 2.42. The number of carbonyl (C=O) groups is 2. The maximum Gasteiger partial charge on any atom is 0.335 e. The quantitative estimate of drug-likeness (QED) is 0.791. The number of benzene rings is 1. The third-order valence-corrected chi connectivity index (χ3v) is 2.04. The van der Waals surface area contributed by atoms with Crippen molar-refractivity contribution in [1.82, 2.24) is 5.32 Å². The van der Waals surface area contributed by atoms with Gasteiger partial charge in [0.25, 0.3) is 6.43 Å². The summed E-state index contributed by atoms with van der Waals surface area (Å²) in [5.41, 5.74) is -0.0154. The molecule has 1 aromatic rings. The van der Waals surface area contributed by atoms with Crippen LogP contribution in [0.1, 0.15) is 10.4 Å². The van der Waals surface area contributed by atoms with Crippen molar-refractivity contribution in [3.8, 4) is 0 Å². The molecule has 3 N–H and O–H groups in total. The molecular formula is C10H9ClF2N2O3. The van der Waals surface area contributed by atoms with E-state index in [1.165, 1.54) is 12.1 Å². The van der Waals surface area contributed by atoms with Gasteiger partial charge in [0.1, 0.15) is 0 Å². The van der Waals surface area contributed by atoms with Crippen molar-refractivity contribution in [2.75, 3.05) is 11.9 Å². The summed E-state index contributed by atoms with van der Waals surface area (Å²) in [7, 11) is 0. The molecule has 0 aliphatic heterocycles. The Morgan fingerprint density at radius 2 is 2.00 bits per heavy atom. The zero-order valence-electron chi connectivity index (χ0n) is 8.91. The number of carbonyl (C=O) groups excluding carboxylic acids is 1. The maximum absolute atomic E-state index is 11.8. The molecule has 0 atom stereocenters. The highest BCUT2D eigenvalue weighted by molar-refractivity contribution is 6.31. The number of anilines is 1. The number of halogens is 3. The molecule has 0 saturated heterocycles. The second kappa shape index (κ2) is 6.15. The van der Waals surface area contributed by atoms with Crippen molar-refractivity contribution in [1.29, 1.82) is 0 Å². The Hall–Kier alpha value is -1.89. The average Bonchev–Trinajstić information content (AvgIpc) is 2.25. The van der Waals surface area contributed by atoms with Crippen molar-refractivity contribution in [2.45, 2.75) is 6.43 Å². The largest absolute Gasteiger partial charge is 0.478 e. The summed E-state index contributed by atoms with van der Waals surface area (Å²) in [5.74, 6) is -1.21. The van der Waals surface area contributed by atoms with Crippen LogP contribution in [0.15, 0.2) is 18.2 Å². The number of carboxylic acids is 1. The Morgan fingerprint density at radius 3 is 2.56 bits per heavy atom. The van der Waals surface area contributed by atoms with Gasteiger partial charge in [-0.1, -0.05) is 11.6 Å². The van der Waals surface area contributed by atoms with Crippen molar-refractivity contribution in [2.24, 2.45) is 0 Å². The van der Waals surface area contributed by atoms with Gasteiger partial charge in [0, 0.05) is 10.7 Å². The Kier molecular flexibility index (Phi) is 4.85. The topological polar surface area (TPSA) is 78.4 Å². The monoisotopic (exact) mass is 278 g/mol. The van der Waals surface area contributed by atoms with Gasteiger partial charge in [-0.15, -0.1) is 0 Å². The van der Waals surface area contributed by atoms with E-state index in [1.807, 2.05) is 5.32 Å². The molecule has 0 fully saturated rings. The Labute approximate surface area is 106 Å². The van der Waals surface area contributed by atoms with Crippen molar-refractivity contribution < 1.29 is 23.5 Å². The molecule has 0 radical (unpaired) electrons. The summed E-state index contributed by atoms with van der Waals surface area (Å²) < 4.78 is 23.7. The Morgan fingerprint density at radius 1 is 1.33 bits per heavy atom. The summed E-state index contributed by atoms with van der Waals surface area (Å²) in [6, 6.07) is 2.80. The standard InChI is InChI=1S/C10H9ClF2N2O3/c11-6-1-5(9(16)17)2-7(3-6)15-10(18)14-4-8(12)13/h1-3,8H,4H2,(H,16,17)(H2,14,15,18). The molecule has 8 heteroatoms. The number of hydrogen-bond donors (Lipinski definition) is 3. The lowest BCUT2D eigenvalue weighted by Crippen LogP contribution is -2.32. The lowest BCUT2D eigenvalue weighted by atomic mass is 10.2. The smallest absolute Gasteiger partial charge is 0.335 e. The number of rotatable bonds is 4. The van der Waals surface area contributed by atoms with Gasteiger partial charge in [-0.25, -0.2) is 18.4 Å². The fourth-order valence-electron chi connectivity index (χ4n) is 1.13. The number of carboxylic acid groups (broad SMARTS) is 1. The molecule has 0 heterocycles. The summed E-state index contributed by atoms with van der Waals surface area (Å²) in [6.45, 7) is -0.793. The number of urea groups is 1. The second-order valence-corrected chi connectivity index (χ2v) is 3.70. The fraction of sp³-hybridized carbons (Fsp3) is 0.200. The molecule has 0 aromatic heterocycles. The molecule has 0 aliphatic rings. The SMILES string of the molecule is O=C(NCC(F)F)Nc1cc(Cl)cc(C(=O)O)c1. The number of nitrogens with one attached hydrogen (secondary N) is 2. The molecular weight excluding hydrogens is 270 g/mol. The van der Waals surface area contributed by atoms with Gasteiger partial charge in [0.2, 0.25) is 0 Å². The van der Waals surface area contributed by atoms with Crippen LogP contribution in [-0.4, -0.2) is 30.1 Å². The maximum atomic E-state index is 11.8. The predicted molar refractivity (Wildman–Crippen MR) is 61.4 cm³/mol. The highest BCUT2D eigenvalue weighted by Gasteiger charge is 2.09. The van der Waals surface area contributed by atoms with Crippen LogP contribution in [0.25, 0.3) is 0 Å². The van der Waals surface area contributed by atoms with Gasteiger partial charge >= 0.3 is 12.0 Å². The van der Waals surface area contributed by atoms with E-state index in [4.69, 9.17) is 16.7 Å². The van der Waals surface area contributed by atoms with Crippen LogP contribution in [0.5, 0.6) is 0 Å². The Bertz CT molecular complexity index is 468. The highest BCUT2D eigenvalue weighted by atomic mass is 35.5. The van der Waals surface area contributed by atoms with Gasteiger partial charge in [0.05, 0.1) is 12.1 Å². The molecule has 1 aromatic carbocycles. The minimum Gasteiger partial charge on any atom is -0.478 e. The molecule has 0 unspecified atom stereocenters. The van der Waals surface area contributed by atoms with Crippen LogP contribution in [0.3, 0.4) is 0 Å². The third kappa shape index (κ3) is 4.54. The second-order valence-electron chi connectivity index (χ2n) is 3.26. The van der Waals surface area contributed by atoms with Crippen LogP contribution in [-0.2, 0) is 0 Å². The van der Waals surface area contributed by atoms with Gasteiger partial charge in [-0.2, -0.15) is 0 Å². The molecule has 98 valence electrons. The Balaban J connectivity index is 2.72. The lowest BCUT2D eigenvalue weighted by molar-refractivity contribution is 0.0697. The normalized spacial score (nSPS) is 10.2. The first-order valence-corrected chi connectivity index (χ1v) is 5.13. The van der Waals surface area contributed by atoms with E-state index in [1.54, 1.807) is 0 Å². The minimum atomic E-state index is -2.66. The fourth-order valence-corrected chi connectivity index (χ4v) is 1.37. The van der Waals surface area contributed by atoms with E-state index in [0.29, 0.717) is 0 Å². The first kappa shape index (κ1) is 14.2. The van der Waals surface area contributed by atoms with Crippen molar-refractivity contribution in [3.05, 3.63) is 28.8 Å². The molecule has 0 bridgehead atoms. The van der Waals surface area contributed by atoms with Crippen LogP contribution >= 0.6 is 11.6 Å². The zero-order valence-corrected chi connectivity index (χ0v) is 9.67. The van der Waals surface area contributed by atoms with Crippen LogP contribution in [0, 0.1) is 0 Å². The van der Waals surface area contributed by atoms with E-state index >= 15 is 0 Å². The first-order valence-electron chi connectivity index (χ1n) is 4.75. The van der Waals surface area contributed by atoms with Gasteiger partial charge < -0.3 is 15.7 Å². The van der Waals surface area contributed by atoms with Crippen molar-refractivity contribution in [3.63, 3.8) is 0 Å². The molecule has 5 nitrogen and oxygen atoms in total. The van der Waals surface area contributed by atoms with Gasteiger partial charge in [0.15, 0.2) is 0 Å². The van der Waals surface area contributed by atoms with E-state index < -0.39 is 25.0 Å². The third-order valence-electron chi connectivity index (χ3n) is 1.82. The summed E-state index contributed by atoms with van der Waals surface area (Å²) >= 11 is 5.65. The lowest BCUT2D eigenvalue weighted by Gasteiger charge is -2.08. The molecule has 0 spiro atoms. The number of hydrogen-bond acceptors (Lipinski definition) is 2. The van der Waals surface area contributed by atoms with Gasteiger partial charge in [-0.3, -0.25) is 0 Å². The number of aromatic carboxylic acids is 1.